The molecule has 0 saturated heterocycles. The Labute approximate surface area is 121 Å². The molecule has 1 aliphatic heterocycles. The quantitative estimate of drug-likeness (QED) is 0.683. The Bertz CT molecular complexity index is 618. The average Bonchev–Trinajstić information content (AvgIpc) is 2.39. The predicted molar refractivity (Wildman–Crippen MR) is 75.6 cm³/mol. The number of halogens is 1. The first-order chi connectivity index (χ1) is 9.53. The molecule has 2 rings (SSSR count). The second kappa shape index (κ2) is 6.40. The van der Waals surface area contributed by atoms with Crippen molar-refractivity contribution in [1.29, 1.82) is 0 Å². The Hall–Kier alpha value is -1.35. The summed E-state index contributed by atoms with van der Waals surface area (Å²) in [5, 5.41) is 11.7. The number of hydrogen-bond acceptors (Lipinski definition) is 5. The number of aliphatic imine (C=N–C) groups is 1. The molecule has 0 bridgehead atoms. The average molecular weight is 320 g/mol. The van der Waals surface area contributed by atoms with Crippen LogP contribution in [-0.2, 0) is 14.8 Å². The highest BCUT2D eigenvalue weighted by Gasteiger charge is 2.26. The molecule has 0 amide bonds. The lowest BCUT2D eigenvalue weighted by Gasteiger charge is -2.21. The first-order valence-corrected chi connectivity index (χ1v) is 7.71. The van der Waals surface area contributed by atoms with Crippen LogP contribution in [0.5, 0.6) is 0 Å². The van der Waals surface area contributed by atoms with Crippen molar-refractivity contribution in [3.05, 3.63) is 23.2 Å². The monoisotopic (exact) mass is 319 g/mol. The van der Waals surface area contributed by atoms with Gasteiger partial charge in [-0.1, -0.05) is 11.6 Å². The van der Waals surface area contributed by atoms with E-state index in [9.17, 15) is 8.42 Å². The molecule has 0 fully saturated rings. The van der Waals surface area contributed by atoms with Gasteiger partial charge in [0.05, 0.1) is 32.1 Å². The van der Waals surface area contributed by atoms with Crippen molar-refractivity contribution >= 4 is 33.3 Å². The second-order valence-electron chi connectivity index (χ2n) is 3.94. The lowest BCUT2D eigenvalue weighted by Crippen LogP contribution is -2.41. The van der Waals surface area contributed by atoms with Crippen LogP contribution < -0.4 is 10.0 Å². The number of hydrogen-bond donors (Lipinski definition) is 3. The minimum atomic E-state index is -3.67. The van der Waals surface area contributed by atoms with Gasteiger partial charge in [-0.3, -0.25) is 0 Å². The summed E-state index contributed by atoms with van der Waals surface area (Å²) in [6.07, 6.45) is 0. The minimum absolute atomic E-state index is 0.0599. The standard InChI is InChI=1S/C11H14ClN3O4S/c12-8-1-2-9-10(7-8)20(17,18)15-11(14-9)13-3-5-19-6-4-16/h1-2,7,16H,3-6H2,(H2,13,14,15). The molecule has 7 nitrogen and oxygen atoms in total. The van der Waals surface area contributed by atoms with Crippen LogP contribution in [0.3, 0.4) is 0 Å². The van der Waals surface area contributed by atoms with Crippen LogP contribution in [0.1, 0.15) is 0 Å². The van der Waals surface area contributed by atoms with Gasteiger partial charge in [0.25, 0.3) is 10.0 Å². The van der Waals surface area contributed by atoms with Crippen molar-refractivity contribution in [3.8, 4) is 0 Å². The summed E-state index contributed by atoms with van der Waals surface area (Å²) in [4.78, 5) is 4.13. The fourth-order valence-electron chi connectivity index (χ4n) is 1.62. The SMILES string of the molecule is O=S1(=O)NC(=NCCOCCO)Nc2ccc(Cl)cc21. The molecule has 0 radical (unpaired) electrons. The van der Waals surface area contributed by atoms with Gasteiger partial charge in [-0.05, 0) is 18.2 Å². The Kier molecular flexibility index (Phi) is 4.81. The maximum atomic E-state index is 12.0. The predicted octanol–water partition coefficient (Wildman–Crippen LogP) is 0.409. The second-order valence-corrected chi connectivity index (χ2v) is 6.02. The van der Waals surface area contributed by atoms with E-state index in [1.54, 1.807) is 12.1 Å². The molecule has 0 aromatic heterocycles. The number of sulfonamides is 1. The number of anilines is 1. The molecule has 110 valence electrons. The lowest BCUT2D eigenvalue weighted by molar-refractivity contribution is 0.0978. The smallest absolute Gasteiger partial charge is 0.266 e. The Morgan fingerprint density at radius 3 is 2.90 bits per heavy atom. The summed E-state index contributed by atoms with van der Waals surface area (Å²) in [5.41, 5.74) is 0.420. The van der Waals surface area contributed by atoms with E-state index in [2.05, 4.69) is 15.0 Å². The van der Waals surface area contributed by atoms with Crippen LogP contribution in [0.4, 0.5) is 5.69 Å². The number of guanidine groups is 1. The van der Waals surface area contributed by atoms with Crippen LogP contribution >= 0.6 is 11.6 Å². The summed E-state index contributed by atoms with van der Waals surface area (Å²) in [6.45, 7) is 0.732. The van der Waals surface area contributed by atoms with Gasteiger partial charge in [0.1, 0.15) is 4.90 Å². The van der Waals surface area contributed by atoms with Crippen molar-refractivity contribution in [2.45, 2.75) is 4.90 Å². The van der Waals surface area contributed by atoms with E-state index in [1.165, 1.54) is 6.07 Å². The third-order valence-electron chi connectivity index (χ3n) is 2.46. The first kappa shape index (κ1) is 15.0. The molecule has 0 unspecified atom stereocenters. The van der Waals surface area contributed by atoms with Gasteiger partial charge in [-0.2, -0.15) is 0 Å². The summed E-state index contributed by atoms with van der Waals surface area (Å²) in [5.74, 6) is 0.132. The summed E-state index contributed by atoms with van der Waals surface area (Å²) < 4.78 is 31.4. The van der Waals surface area contributed by atoms with Crippen LogP contribution in [0.15, 0.2) is 28.1 Å². The maximum absolute atomic E-state index is 12.0. The lowest BCUT2D eigenvalue weighted by atomic mass is 10.3. The Balaban J connectivity index is 2.11. The molecule has 1 heterocycles. The molecule has 0 spiro atoms. The van der Waals surface area contributed by atoms with Crippen molar-refractivity contribution in [2.75, 3.05) is 31.7 Å². The van der Waals surface area contributed by atoms with Gasteiger partial charge in [-0.15, -0.1) is 0 Å². The van der Waals surface area contributed by atoms with Gasteiger partial charge in [0.2, 0.25) is 5.96 Å². The number of fused-ring (bicyclic) bond motifs is 1. The zero-order valence-corrected chi connectivity index (χ0v) is 12.0. The molecule has 1 aliphatic rings. The van der Waals surface area contributed by atoms with Crippen LogP contribution in [0.2, 0.25) is 5.02 Å². The van der Waals surface area contributed by atoms with E-state index >= 15 is 0 Å². The van der Waals surface area contributed by atoms with Gasteiger partial charge in [-0.25, -0.2) is 18.1 Å². The summed E-state index contributed by atoms with van der Waals surface area (Å²) >= 11 is 5.79. The molecule has 9 heteroatoms. The van der Waals surface area contributed by atoms with Gasteiger partial charge >= 0.3 is 0 Å². The summed E-state index contributed by atoms with van der Waals surface area (Å²) in [7, 11) is -3.67. The Morgan fingerprint density at radius 1 is 1.35 bits per heavy atom. The molecule has 20 heavy (non-hydrogen) atoms. The highest BCUT2D eigenvalue weighted by molar-refractivity contribution is 7.90. The van der Waals surface area contributed by atoms with E-state index in [4.69, 9.17) is 21.4 Å². The fraction of sp³-hybridized carbons (Fsp3) is 0.364. The molecular weight excluding hydrogens is 306 g/mol. The van der Waals surface area contributed by atoms with E-state index in [0.29, 0.717) is 17.3 Å². The van der Waals surface area contributed by atoms with E-state index in [0.717, 1.165) is 0 Å². The molecule has 1 aromatic rings. The van der Waals surface area contributed by atoms with Crippen LogP contribution in [-0.4, -0.2) is 45.8 Å². The number of aliphatic hydroxyl groups excluding tert-OH is 1. The highest BCUT2D eigenvalue weighted by atomic mass is 35.5. The normalized spacial score (nSPS) is 18.2. The Morgan fingerprint density at radius 2 is 2.15 bits per heavy atom. The van der Waals surface area contributed by atoms with E-state index in [1.807, 2.05) is 0 Å². The van der Waals surface area contributed by atoms with Crippen molar-refractivity contribution in [1.82, 2.24) is 4.72 Å². The number of nitrogens with one attached hydrogen (secondary N) is 2. The fourth-order valence-corrected chi connectivity index (χ4v) is 3.03. The molecule has 1 aromatic carbocycles. The number of nitrogens with zero attached hydrogens (tertiary/aromatic N) is 1. The zero-order chi connectivity index (χ0) is 14.6. The van der Waals surface area contributed by atoms with Crippen molar-refractivity contribution in [3.63, 3.8) is 0 Å². The minimum Gasteiger partial charge on any atom is -0.394 e. The zero-order valence-electron chi connectivity index (χ0n) is 10.5. The molecule has 3 N–H and O–H groups in total. The van der Waals surface area contributed by atoms with Gasteiger partial charge in [0, 0.05) is 5.02 Å². The molecule has 0 saturated carbocycles. The number of rotatable bonds is 5. The molecular formula is C11H14ClN3O4S. The molecule has 0 atom stereocenters. The third-order valence-corrected chi connectivity index (χ3v) is 4.07. The number of aliphatic hydroxyl groups is 1. The van der Waals surface area contributed by atoms with E-state index in [-0.39, 0.29) is 30.6 Å². The molecule has 0 aliphatic carbocycles. The van der Waals surface area contributed by atoms with Crippen LogP contribution in [0, 0.1) is 0 Å². The van der Waals surface area contributed by atoms with E-state index < -0.39 is 10.0 Å². The van der Waals surface area contributed by atoms with Crippen molar-refractivity contribution in [2.24, 2.45) is 4.99 Å². The number of ether oxygens (including phenoxy) is 1. The van der Waals surface area contributed by atoms with Gasteiger partial charge in [0.15, 0.2) is 0 Å². The topological polar surface area (TPSA) is 100 Å². The maximum Gasteiger partial charge on any atom is 0.266 e. The highest BCUT2D eigenvalue weighted by Crippen LogP contribution is 2.27. The summed E-state index contributed by atoms with van der Waals surface area (Å²) in [6, 6.07) is 4.54. The van der Waals surface area contributed by atoms with Gasteiger partial charge < -0.3 is 15.2 Å². The van der Waals surface area contributed by atoms with Crippen LogP contribution in [0.25, 0.3) is 0 Å². The first-order valence-electron chi connectivity index (χ1n) is 5.85. The third kappa shape index (κ3) is 3.60. The van der Waals surface area contributed by atoms with Crippen molar-refractivity contribution < 1.29 is 18.3 Å². The number of benzene rings is 1. The largest absolute Gasteiger partial charge is 0.394 e.